The van der Waals surface area contributed by atoms with E-state index in [4.69, 9.17) is 4.74 Å². The van der Waals surface area contributed by atoms with Crippen LogP contribution in [-0.2, 0) is 4.74 Å². The van der Waals surface area contributed by atoms with E-state index in [2.05, 4.69) is 26.2 Å². The highest BCUT2D eigenvalue weighted by atomic mass is 16.5. The first-order valence-corrected chi connectivity index (χ1v) is 6.70. The van der Waals surface area contributed by atoms with Crippen LogP contribution in [0, 0.1) is 17.3 Å². The van der Waals surface area contributed by atoms with Crippen LogP contribution < -0.4 is 5.32 Å². The fourth-order valence-corrected chi connectivity index (χ4v) is 3.49. The predicted molar refractivity (Wildman–Crippen MR) is 67.5 cm³/mol. The van der Waals surface area contributed by atoms with Crippen molar-refractivity contribution in [1.82, 2.24) is 5.32 Å². The Kier molecular flexibility index (Phi) is 3.33. The van der Waals surface area contributed by atoms with E-state index >= 15 is 0 Å². The first kappa shape index (κ1) is 12.4. The Labute approximate surface area is 100 Å². The maximum absolute atomic E-state index is 5.54. The normalized spacial score (nSPS) is 37.5. The molecule has 0 radical (unpaired) electrons. The summed E-state index contributed by atoms with van der Waals surface area (Å²) in [6.07, 6.45) is 6.93. The summed E-state index contributed by atoms with van der Waals surface area (Å²) >= 11 is 0. The molecule has 0 heterocycles. The molecule has 16 heavy (non-hydrogen) atoms. The highest BCUT2D eigenvalue weighted by Gasteiger charge is 2.53. The third-order valence-corrected chi connectivity index (χ3v) is 4.82. The first-order chi connectivity index (χ1) is 7.50. The van der Waals surface area contributed by atoms with E-state index in [0.29, 0.717) is 5.41 Å². The molecule has 2 unspecified atom stereocenters. The molecule has 0 bridgehead atoms. The van der Waals surface area contributed by atoms with Crippen LogP contribution in [-0.4, -0.2) is 26.3 Å². The standard InChI is InChI=1S/C14H27NO/c1-13(2,16-4)5-6-14(10-15-3)8-11-7-12(11)9-14/h11-12,15H,5-10H2,1-4H3. The van der Waals surface area contributed by atoms with E-state index in [1.165, 1.54) is 38.6 Å². The van der Waals surface area contributed by atoms with Gasteiger partial charge in [-0.3, -0.25) is 0 Å². The lowest BCUT2D eigenvalue weighted by Gasteiger charge is -2.34. The number of rotatable bonds is 6. The molecule has 2 aliphatic carbocycles. The molecule has 2 atom stereocenters. The maximum Gasteiger partial charge on any atom is 0.0623 e. The Balaban J connectivity index is 1.88. The molecule has 2 heteroatoms. The maximum atomic E-state index is 5.54. The van der Waals surface area contributed by atoms with Crippen LogP contribution in [0.25, 0.3) is 0 Å². The summed E-state index contributed by atoms with van der Waals surface area (Å²) in [5, 5.41) is 3.41. The average molecular weight is 225 g/mol. The van der Waals surface area contributed by atoms with Crippen LogP contribution in [0.15, 0.2) is 0 Å². The number of nitrogens with one attached hydrogen (secondary N) is 1. The lowest BCUT2D eigenvalue weighted by Crippen LogP contribution is -2.34. The number of hydrogen-bond donors (Lipinski definition) is 1. The third kappa shape index (κ3) is 2.60. The second-order valence-electron chi connectivity index (χ2n) is 6.66. The quantitative estimate of drug-likeness (QED) is 0.750. The van der Waals surface area contributed by atoms with Crippen molar-refractivity contribution in [3.05, 3.63) is 0 Å². The van der Waals surface area contributed by atoms with Crippen LogP contribution in [0.1, 0.15) is 46.0 Å². The summed E-state index contributed by atoms with van der Waals surface area (Å²) in [6, 6.07) is 0. The highest BCUT2D eigenvalue weighted by molar-refractivity contribution is 5.04. The molecule has 2 rings (SSSR count). The van der Waals surface area contributed by atoms with E-state index in [9.17, 15) is 0 Å². The Morgan fingerprint density at radius 2 is 1.94 bits per heavy atom. The lowest BCUT2D eigenvalue weighted by molar-refractivity contribution is 0.00273. The van der Waals surface area contributed by atoms with Crippen LogP contribution in [0.4, 0.5) is 0 Å². The molecule has 0 aromatic rings. The smallest absolute Gasteiger partial charge is 0.0623 e. The van der Waals surface area contributed by atoms with E-state index < -0.39 is 0 Å². The zero-order valence-corrected chi connectivity index (χ0v) is 11.3. The number of hydrogen-bond acceptors (Lipinski definition) is 2. The molecule has 0 aliphatic heterocycles. The van der Waals surface area contributed by atoms with Gasteiger partial charge in [0.15, 0.2) is 0 Å². The molecule has 2 aliphatic rings. The van der Waals surface area contributed by atoms with Crippen molar-refractivity contribution >= 4 is 0 Å². The minimum atomic E-state index is 0.0491. The lowest BCUT2D eigenvalue weighted by atomic mass is 9.76. The summed E-state index contributed by atoms with van der Waals surface area (Å²) < 4.78 is 5.54. The molecule has 0 saturated heterocycles. The second kappa shape index (κ2) is 4.30. The molecule has 94 valence electrons. The molecule has 2 saturated carbocycles. The number of fused-ring (bicyclic) bond motifs is 1. The summed E-state index contributed by atoms with van der Waals surface area (Å²) in [7, 11) is 3.92. The van der Waals surface area contributed by atoms with Crippen LogP contribution in [0.5, 0.6) is 0 Å². The zero-order valence-electron chi connectivity index (χ0n) is 11.3. The fourth-order valence-electron chi connectivity index (χ4n) is 3.49. The van der Waals surface area contributed by atoms with Crippen LogP contribution in [0.3, 0.4) is 0 Å². The third-order valence-electron chi connectivity index (χ3n) is 4.82. The zero-order chi connectivity index (χ0) is 11.8. The van der Waals surface area contributed by atoms with Crippen molar-refractivity contribution in [3.63, 3.8) is 0 Å². The van der Waals surface area contributed by atoms with Crippen molar-refractivity contribution in [2.45, 2.75) is 51.6 Å². The first-order valence-electron chi connectivity index (χ1n) is 6.70. The Bertz CT molecular complexity index is 239. The van der Waals surface area contributed by atoms with Gasteiger partial charge in [0.1, 0.15) is 0 Å². The molecular formula is C14H27NO. The van der Waals surface area contributed by atoms with Gasteiger partial charge in [0.2, 0.25) is 0 Å². The van der Waals surface area contributed by atoms with E-state index in [0.717, 1.165) is 11.8 Å². The van der Waals surface area contributed by atoms with Crippen LogP contribution in [0.2, 0.25) is 0 Å². The Morgan fingerprint density at radius 1 is 1.31 bits per heavy atom. The van der Waals surface area contributed by atoms with Gasteiger partial charge in [0, 0.05) is 13.7 Å². The SMILES string of the molecule is CNCC1(CCC(C)(C)OC)CC2CC2C1. The van der Waals surface area contributed by atoms with Gasteiger partial charge in [-0.1, -0.05) is 0 Å². The largest absolute Gasteiger partial charge is 0.379 e. The van der Waals surface area contributed by atoms with Crippen LogP contribution >= 0.6 is 0 Å². The molecule has 2 fully saturated rings. The van der Waals surface area contributed by atoms with Crippen molar-refractivity contribution in [2.24, 2.45) is 17.3 Å². The molecule has 2 nitrogen and oxygen atoms in total. The predicted octanol–water partition coefficient (Wildman–Crippen LogP) is 2.83. The van der Waals surface area contributed by atoms with E-state index in [1.807, 2.05) is 7.11 Å². The van der Waals surface area contributed by atoms with Gasteiger partial charge in [-0.2, -0.15) is 0 Å². The van der Waals surface area contributed by atoms with Gasteiger partial charge in [-0.25, -0.2) is 0 Å². The van der Waals surface area contributed by atoms with E-state index in [1.54, 1.807) is 0 Å². The van der Waals surface area contributed by atoms with E-state index in [-0.39, 0.29) is 5.60 Å². The monoisotopic (exact) mass is 225 g/mol. The summed E-state index contributed by atoms with van der Waals surface area (Å²) in [5.41, 5.74) is 0.631. The minimum absolute atomic E-state index is 0.0491. The second-order valence-corrected chi connectivity index (χ2v) is 6.66. The van der Waals surface area contributed by atoms with Crippen molar-refractivity contribution in [2.75, 3.05) is 20.7 Å². The molecule has 1 N–H and O–H groups in total. The average Bonchev–Trinajstić information content (AvgIpc) is 2.86. The highest BCUT2D eigenvalue weighted by Crippen LogP contribution is 2.61. The van der Waals surface area contributed by atoms with Crippen molar-refractivity contribution < 1.29 is 4.74 Å². The molecule has 0 aromatic heterocycles. The van der Waals surface area contributed by atoms with Gasteiger partial charge < -0.3 is 10.1 Å². The van der Waals surface area contributed by atoms with Gasteiger partial charge in [0.05, 0.1) is 5.60 Å². The topological polar surface area (TPSA) is 21.3 Å². The minimum Gasteiger partial charge on any atom is -0.379 e. The number of methoxy groups -OCH3 is 1. The van der Waals surface area contributed by atoms with Gasteiger partial charge in [-0.15, -0.1) is 0 Å². The number of ether oxygens (including phenoxy) is 1. The van der Waals surface area contributed by atoms with Gasteiger partial charge in [0.25, 0.3) is 0 Å². The summed E-state index contributed by atoms with van der Waals surface area (Å²) in [4.78, 5) is 0. The molecule has 0 aromatic carbocycles. The van der Waals surface area contributed by atoms with Gasteiger partial charge in [-0.05, 0) is 70.3 Å². The van der Waals surface area contributed by atoms with Crippen molar-refractivity contribution in [3.8, 4) is 0 Å². The Morgan fingerprint density at radius 3 is 2.44 bits per heavy atom. The summed E-state index contributed by atoms with van der Waals surface area (Å²) in [5.74, 6) is 2.14. The summed E-state index contributed by atoms with van der Waals surface area (Å²) in [6.45, 7) is 5.60. The molecule has 0 amide bonds. The fraction of sp³-hybridized carbons (Fsp3) is 1.00. The Hall–Kier alpha value is -0.0800. The van der Waals surface area contributed by atoms with Gasteiger partial charge >= 0.3 is 0 Å². The van der Waals surface area contributed by atoms with Crippen molar-refractivity contribution in [1.29, 1.82) is 0 Å². The molecular weight excluding hydrogens is 198 g/mol. The molecule has 0 spiro atoms.